The topological polar surface area (TPSA) is 3.24 Å². The van der Waals surface area contributed by atoms with Gasteiger partial charge in [0.1, 0.15) is 0 Å². The van der Waals surface area contributed by atoms with Crippen molar-refractivity contribution in [3.8, 4) is 0 Å². The van der Waals surface area contributed by atoms with Gasteiger partial charge in [-0.1, -0.05) is 19.4 Å². The van der Waals surface area contributed by atoms with Crippen LogP contribution in [0.15, 0.2) is 12.7 Å². The molecule has 0 saturated heterocycles. The zero-order valence-electron chi connectivity index (χ0n) is 8.14. The molecule has 1 unspecified atom stereocenters. The molecule has 1 nitrogen and oxygen atoms in total. The Morgan fingerprint density at radius 1 is 1.55 bits per heavy atom. The summed E-state index contributed by atoms with van der Waals surface area (Å²) in [6, 6.07) is 0.722. The van der Waals surface area contributed by atoms with E-state index < -0.39 is 0 Å². The maximum absolute atomic E-state index is 3.71. The van der Waals surface area contributed by atoms with E-state index in [1.165, 1.54) is 12.8 Å². The molecular formula is C10H21N. The van der Waals surface area contributed by atoms with Crippen LogP contribution in [-0.2, 0) is 0 Å². The summed E-state index contributed by atoms with van der Waals surface area (Å²) in [5.41, 5.74) is 0. The quantitative estimate of drug-likeness (QED) is 0.533. The highest BCUT2D eigenvalue weighted by Gasteiger charge is 2.05. The molecule has 0 saturated carbocycles. The molecule has 0 aliphatic heterocycles. The molecule has 0 rings (SSSR count). The monoisotopic (exact) mass is 155 g/mol. The van der Waals surface area contributed by atoms with Crippen molar-refractivity contribution >= 4 is 0 Å². The molecule has 0 aromatic heterocycles. The van der Waals surface area contributed by atoms with Crippen LogP contribution in [0.25, 0.3) is 0 Å². The predicted octanol–water partition coefficient (Wildman–Crippen LogP) is 2.68. The lowest BCUT2D eigenvalue weighted by atomic mass is 10.1. The van der Waals surface area contributed by atoms with E-state index >= 15 is 0 Å². The Hall–Kier alpha value is -0.300. The van der Waals surface area contributed by atoms with Crippen LogP contribution in [-0.4, -0.2) is 24.5 Å². The molecule has 0 N–H and O–H groups in total. The van der Waals surface area contributed by atoms with Gasteiger partial charge in [0.25, 0.3) is 0 Å². The first kappa shape index (κ1) is 10.7. The Labute approximate surface area is 71.1 Å². The third-order valence-electron chi connectivity index (χ3n) is 2.14. The van der Waals surface area contributed by atoms with Crippen molar-refractivity contribution in [1.29, 1.82) is 0 Å². The fourth-order valence-corrected chi connectivity index (χ4v) is 1.15. The lowest BCUT2D eigenvalue weighted by molar-refractivity contribution is 0.249. The zero-order valence-corrected chi connectivity index (χ0v) is 8.14. The molecule has 11 heavy (non-hydrogen) atoms. The zero-order chi connectivity index (χ0) is 8.69. The van der Waals surface area contributed by atoms with Crippen LogP contribution < -0.4 is 0 Å². The number of rotatable bonds is 6. The highest BCUT2D eigenvalue weighted by Crippen LogP contribution is 2.03. The van der Waals surface area contributed by atoms with Gasteiger partial charge in [-0.05, 0) is 26.8 Å². The van der Waals surface area contributed by atoms with Gasteiger partial charge < -0.3 is 4.90 Å². The SMILES string of the molecule is C=CCCN(C)C(C)CCC. The first-order valence-electron chi connectivity index (χ1n) is 4.53. The van der Waals surface area contributed by atoms with Crippen LogP contribution in [0.1, 0.15) is 33.1 Å². The molecule has 0 aliphatic carbocycles. The molecule has 0 aromatic carbocycles. The minimum Gasteiger partial charge on any atom is -0.303 e. The molecule has 0 amide bonds. The van der Waals surface area contributed by atoms with Crippen LogP contribution in [0.5, 0.6) is 0 Å². The van der Waals surface area contributed by atoms with E-state index in [1.807, 2.05) is 6.08 Å². The smallest absolute Gasteiger partial charge is 0.00639 e. The number of hydrogen-bond donors (Lipinski definition) is 0. The molecular weight excluding hydrogens is 134 g/mol. The lowest BCUT2D eigenvalue weighted by Gasteiger charge is -2.23. The average Bonchev–Trinajstić information content (AvgIpc) is 2.00. The Bertz CT molecular complexity index is 99.0. The van der Waals surface area contributed by atoms with E-state index in [2.05, 4.69) is 32.4 Å². The minimum atomic E-state index is 0.722. The van der Waals surface area contributed by atoms with E-state index in [-0.39, 0.29) is 0 Å². The molecule has 0 spiro atoms. The minimum absolute atomic E-state index is 0.722. The van der Waals surface area contributed by atoms with Crippen molar-refractivity contribution in [2.24, 2.45) is 0 Å². The third-order valence-corrected chi connectivity index (χ3v) is 2.14. The molecule has 1 heteroatoms. The van der Waals surface area contributed by atoms with Gasteiger partial charge in [-0.25, -0.2) is 0 Å². The van der Waals surface area contributed by atoms with Crippen LogP contribution in [0, 0.1) is 0 Å². The number of nitrogens with zero attached hydrogens (tertiary/aromatic N) is 1. The van der Waals surface area contributed by atoms with Crippen LogP contribution in [0.2, 0.25) is 0 Å². The Kier molecular flexibility index (Phi) is 6.24. The van der Waals surface area contributed by atoms with Crippen molar-refractivity contribution in [1.82, 2.24) is 4.90 Å². The third kappa shape index (κ3) is 5.02. The van der Waals surface area contributed by atoms with Crippen molar-refractivity contribution < 1.29 is 0 Å². The Morgan fingerprint density at radius 2 is 2.18 bits per heavy atom. The summed E-state index contributed by atoms with van der Waals surface area (Å²) in [5, 5.41) is 0. The van der Waals surface area contributed by atoms with Gasteiger partial charge in [0, 0.05) is 12.6 Å². The summed E-state index contributed by atoms with van der Waals surface area (Å²) < 4.78 is 0. The normalized spacial score (nSPS) is 13.5. The van der Waals surface area contributed by atoms with E-state index in [4.69, 9.17) is 0 Å². The maximum atomic E-state index is 3.71. The maximum Gasteiger partial charge on any atom is 0.00639 e. The Balaban J connectivity index is 3.45. The second kappa shape index (κ2) is 6.41. The van der Waals surface area contributed by atoms with Crippen molar-refractivity contribution in [3.05, 3.63) is 12.7 Å². The summed E-state index contributed by atoms with van der Waals surface area (Å²) in [6.45, 7) is 9.37. The fraction of sp³-hybridized carbons (Fsp3) is 0.800. The van der Waals surface area contributed by atoms with E-state index in [0.29, 0.717) is 0 Å². The first-order chi connectivity index (χ1) is 5.22. The predicted molar refractivity (Wildman–Crippen MR) is 51.8 cm³/mol. The van der Waals surface area contributed by atoms with Crippen molar-refractivity contribution in [3.63, 3.8) is 0 Å². The van der Waals surface area contributed by atoms with Gasteiger partial charge >= 0.3 is 0 Å². The molecule has 0 fully saturated rings. The number of hydrogen-bond acceptors (Lipinski definition) is 1. The highest BCUT2D eigenvalue weighted by molar-refractivity contribution is 4.70. The molecule has 0 bridgehead atoms. The summed E-state index contributed by atoms with van der Waals surface area (Å²) in [5.74, 6) is 0. The molecule has 66 valence electrons. The molecule has 0 aliphatic rings. The molecule has 1 atom stereocenters. The van der Waals surface area contributed by atoms with Crippen LogP contribution in [0.3, 0.4) is 0 Å². The molecule has 0 radical (unpaired) electrons. The standard InChI is InChI=1S/C10H21N/c1-5-7-9-11(4)10(3)8-6-2/h5,10H,1,6-9H2,2-4H3. The van der Waals surface area contributed by atoms with Crippen LogP contribution in [0.4, 0.5) is 0 Å². The van der Waals surface area contributed by atoms with Gasteiger partial charge in [0.15, 0.2) is 0 Å². The van der Waals surface area contributed by atoms with E-state index in [9.17, 15) is 0 Å². The summed E-state index contributed by atoms with van der Waals surface area (Å²) in [4.78, 5) is 2.39. The van der Waals surface area contributed by atoms with Gasteiger partial charge in [-0.15, -0.1) is 6.58 Å². The average molecular weight is 155 g/mol. The highest BCUT2D eigenvalue weighted by atomic mass is 15.1. The van der Waals surface area contributed by atoms with E-state index in [0.717, 1.165) is 19.0 Å². The Morgan fingerprint density at radius 3 is 2.64 bits per heavy atom. The summed E-state index contributed by atoms with van der Waals surface area (Å²) in [6.07, 6.45) is 5.66. The lowest BCUT2D eigenvalue weighted by Crippen LogP contribution is -2.29. The first-order valence-corrected chi connectivity index (χ1v) is 4.53. The van der Waals surface area contributed by atoms with Gasteiger partial charge in [-0.2, -0.15) is 0 Å². The summed E-state index contributed by atoms with van der Waals surface area (Å²) in [7, 11) is 2.18. The fourth-order valence-electron chi connectivity index (χ4n) is 1.15. The molecule has 0 aromatic rings. The summed E-state index contributed by atoms with van der Waals surface area (Å²) >= 11 is 0. The van der Waals surface area contributed by atoms with Gasteiger partial charge in [-0.3, -0.25) is 0 Å². The second-order valence-electron chi connectivity index (χ2n) is 3.20. The van der Waals surface area contributed by atoms with Crippen molar-refractivity contribution in [2.45, 2.75) is 39.2 Å². The molecule has 0 heterocycles. The van der Waals surface area contributed by atoms with Crippen LogP contribution >= 0.6 is 0 Å². The van der Waals surface area contributed by atoms with E-state index in [1.54, 1.807) is 0 Å². The van der Waals surface area contributed by atoms with Crippen molar-refractivity contribution in [2.75, 3.05) is 13.6 Å². The largest absolute Gasteiger partial charge is 0.303 e. The second-order valence-corrected chi connectivity index (χ2v) is 3.20. The van der Waals surface area contributed by atoms with Gasteiger partial charge in [0.2, 0.25) is 0 Å². The van der Waals surface area contributed by atoms with Gasteiger partial charge in [0.05, 0.1) is 0 Å².